The minimum absolute atomic E-state index is 0.160. The number of nitrogens with zero attached hydrogens (tertiary/aromatic N) is 3. The van der Waals surface area contributed by atoms with Crippen molar-refractivity contribution >= 4 is 18.9 Å². The number of benzene rings is 1. The van der Waals surface area contributed by atoms with Gasteiger partial charge in [-0.25, -0.2) is 14.3 Å². The van der Waals surface area contributed by atoms with Crippen LogP contribution in [-0.2, 0) is 15.6 Å². The molecule has 168 valence electrons. The number of nitrogens with one attached hydrogen (secondary N) is 1. The van der Waals surface area contributed by atoms with E-state index in [2.05, 4.69) is 14.5 Å². The van der Waals surface area contributed by atoms with Crippen molar-refractivity contribution in [2.24, 2.45) is 0 Å². The van der Waals surface area contributed by atoms with Crippen LogP contribution >= 0.6 is 7.82 Å². The van der Waals surface area contributed by atoms with E-state index in [1.807, 2.05) is 18.8 Å². The highest BCUT2D eigenvalue weighted by Crippen LogP contribution is 2.38. The van der Waals surface area contributed by atoms with E-state index < -0.39 is 50.5 Å². The molecule has 0 spiro atoms. The molecule has 1 aromatic carbocycles. The number of hydrogen-bond acceptors (Lipinski definition) is 9. The number of phosphoric acid groups is 1. The van der Waals surface area contributed by atoms with E-state index in [0.29, 0.717) is 11.0 Å². The van der Waals surface area contributed by atoms with Gasteiger partial charge in [0, 0.05) is 0 Å². The van der Waals surface area contributed by atoms with E-state index in [9.17, 15) is 29.5 Å². The first-order valence-corrected chi connectivity index (χ1v) is 10.6. The van der Waals surface area contributed by atoms with Gasteiger partial charge in [-0.3, -0.25) is 14.3 Å². The topological polar surface area (TPSA) is 208 Å². The van der Waals surface area contributed by atoms with Gasteiger partial charge in [0.05, 0.1) is 24.2 Å². The first kappa shape index (κ1) is 23.2. The predicted molar refractivity (Wildman–Crippen MR) is 107 cm³/mol. The first-order valence-electron chi connectivity index (χ1n) is 9.04. The molecule has 0 fully saturated rings. The monoisotopic (exact) mass is 456 g/mol. The van der Waals surface area contributed by atoms with Gasteiger partial charge in [-0.1, -0.05) is 0 Å². The molecule has 0 saturated carbocycles. The van der Waals surface area contributed by atoms with E-state index in [4.69, 9.17) is 9.79 Å². The second-order valence-electron chi connectivity index (χ2n) is 7.07. The molecule has 0 unspecified atom stereocenters. The highest BCUT2D eigenvalue weighted by Gasteiger charge is 2.33. The van der Waals surface area contributed by atoms with Crippen molar-refractivity contribution < 1.29 is 34.2 Å². The smallest absolute Gasteiger partial charge is 0.394 e. The summed E-state index contributed by atoms with van der Waals surface area (Å²) in [7, 11) is -5.06. The Morgan fingerprint density at radius 3 is 2.42 bits per heavy atom. The van der Waals surface area contributed by atoms with Crippen LogP contribution in [0.1, 0.15) is 11.1 Å². The number of rotatable bonds is 7. The lowest BCUT2D eigenvalue weighted by Gasteiger charge is -2.27. The van der Waals surface area contributed by atoms with Crippen LogP contribution in [0.15, 0.2) is 21.7 Å². The molecule has 3 rings (SSSR count). The van der Waals surface area contributed by atoms with E-state index in [1.54, 1.807) is 12.1 Å². The van der Waals surface area contributed by atoms with Crippen LogP contribution in [-0.4, -0.2) is 69.5 Å². The van der Waals surface area contributed by atoms with Crippen molar-refractivity contribution in [1.82, 2.24) is 19.5 Å². The molecule has 6 N–H and O–H groups in total. The lowest BCUT2D eigenvalue weighted by Crippen LogP contribution is -2.43. The molecule has 3 atom stereocenters. The third-order valence-corrected chi connectivity index (χ3v) is 5.37. The number of aromatic nitrogens is 4. The van der Waals surface area contributed by atoms with Crippen molar-refractivity contribution in [2.45, 2.75) is 38.7 Å². The van der Waals surface area contributed by atoms with Gasteiger partial charge >= 0.3 is 13.5 Å². The summed E-state index contributed by atoms with van der Waals surface area (Å²) >= 11 is 0. The van der Waals surface area contributed by atoms with E-state index in [1.165, 1.54) is 4.57 Å². The number of aromatic amines is 1. The molecular formula is C17H21N4O9P. The Morgan fingerprint density at radius 1 is 1.16 bits per heavy atom. The number of aliphatic hydroxyl groups is 3. The fourth-order valence-electron chi connectivity index (χ4n) is 3.16. The SMILES string of the molecule is Cc1cc2nc3c(=O)[nH]c(=O)nc-3n(C[C@H](O)[C@H](O)[C@@H](CO)OP(=O)(O)O)c2cc1C. The van der Waals surface area contributed by atoms with Crippen LogP contribution < -0.4 is 11.2 Å². The maximum atomic E-state index is 12.3. The molecular weight excluding hydrogens is 435 g/mol. The molecule has 0 bridgehead atoms. The summed E-state index contributed by atoms with van der Waals surface area (Å²) in [6.07, 6.45) is -5.46. The molecule has 0 aromatic heterocycles. The molecule has 2 aliphatic rings. The van der Waals surface area contributed by atoms with Gasteiger partial charge in [0.2, 0.25) is 0 Å². The molecule has 31 heavy (non-hydrogen) atoms. The van der Waals surface area contributed by atoms with Crippen molar-refractivity contribution in [3.05, 3.63) is 44.1 Å². The number of aliphatic hydroxyl groups excluding tert-OH is 3. The summed E-state index contributed by atoms with van der Waals surface area (Å²) in [5.41, 5.74) is 0.530. The maximum Gasteiger partial charge on any atom is 0.470 e. The first-order chi connectivity index (χ1) is 14.4. The standard InChI is InChI=1S/C17H21N4O9P/c1-7-3-9-10(4-8(7)2)21(15-13(18-9)16(25)20-17(26)19-15)5-11(23)14(24)12(6-22)30-31(27,28)29/h3-4,11-12,14,22-24H,5-6H2,1-2H3,(H,20,25,26)(H2,27,28,29)/t11-,12+,14-/m0/s1. The summed E-state index contributed by atoms with van der Waals surface area (Å²) in [4.78, 5) is 51.9. The number of hydrogen-bond donors (Lipinski definition) is 6. The Bertz CT molecular complexity index is 1250. The Balaban J connectivity index is 2.15. The number of H-pyrrole nitrogens is 1. The average Bonchev–Trinajstić information content (AvgIpc) is 2.66. The molecule has 0 radical (unpaired) electrons. The zero-order chi connectivity index (χ0) is 23.1. The Morgan fingerprint density at radius 2 is 1.81 bits per heavy atom. The minimum atomic E-state index is -5.06. The minimum Gasteiger partial charge on any atom is -0.394 e. The van der Waals surface area contributed by atoms with Gasteiger partial charge in [0.15, 0.2) is 11.5 Å². The number of aryl methyl sites for hydroxylation is 2. The Hall–Kier alpha value is -2.51. The second kappa shape index (κ2) is 8.55. The third kappa shape index (κ3) is 4.88. The highest BCUT2D eigenvalue weighted by atomic mass is 31.2. The van der Waals surface area contributed by atoms with Crippen LogP contribution in [0.5, 0.6) is 0 Å². The summed E-state index contributed by atoms with van der Waals surface area (Å²) in [5, 5.41) is 30.1. The molecule has 0 amide bonds. The molecule has 1 aromatic rings. The van der Waals surface area contributed by atoms with Crippen LogP contribution in [0, 0.1) is 13.8 Å². The summed E-state index contributed by atoms with van der Waals surface area (Å²) in [6.45, 7) is 2.19. The fourth-order valence-corrected chi connectivity index (χ4v) is 3.70. The van der Waals surface area contributed by atoms with Crippen LogP contribution in [0.25, 0.3) is 22.6 Å². The van der Waals surface area contributed by atoms with Crippen LogP contribution in [0.3, 0.4) is 0 Å². The molecule has 13 nitrogen and oxygen atoms in total. The quantitative estimate of drug-likeness (QED) is 0.176. The molecule has 2 heterocycles. The summed E-state index contributed by atoms with van der Waals surface area (Å²) in [6, 6.07) is 3.39. The number of phosphoric ester groups is 1. The second-order valence-corrected chi connectivity index (χ2v) is 8.26. The van der Waals surface area contributed by atoms with E-state index in [0.717, 1.165) is 11.1 Å². The van der Waals surface area contributed by atoms with Gasteiger partial charge < -0.3 is 29.7 Å². The Labute approximate surface area is 174 Å². The van der Waals surface area contributed by atoms with Gasteiger partial charge in [0.1, 0.15) is 18.3 Å². The lowest BCUT2D eigenvalue weighted by atomic mass is 10.1. The fraction of sp³-hybridized carbons (Fsp3) is 0.412. The zero-order valence-electron chi connectivity index (χ0n) is 16.5. The van der Waals surface area contributed by atoms with Crippen molar-refractivity contribution in [3.8, 4) is 11.5 Å². The summed E-state index contributed by atoms with van der Waals surface area (Å²) < 4.78 is 16.7. The molecule has 0 saturated heterocycles. The average molecular weight is 456 g/mol. The van der Waals surface area contributed by atoms with E-state index in [-0.39, 0.29) is 11.5 Å². The van der Waals surface area contributed by atoms with Gasteiger partial charge in [0.25, 0.3) is 5.56 Å². The third-order valence-electron chi connectivity index (χ3n) is 4.82. The van der Waals surface area contributed by atoms with Crippen LogP contribution in [0.2, 0.25) is 0 Å². The van der Waals surface area contributed by atoms with Crippen molar-refractivity contribution in [3.63, 3.8) is 0 Å². The van der Waals surface area contributed by atoms with E-state index >= 15 is 0 Å². The van der Waals surface area contributed by atoms with Crippen LogP contribution in [0.4, 0.5) is 0 Å². The maximum absolute atomic E-state index is 12.3. The zero-order valence-corrected chi connectivity index (χ0v) is 17.4. The van der Waals surface area contributed by atoms with Gasteiger partial charge in [-0.05, 0) is 37.1 Å². The highest BCUT2D eigenvalue weighted by molar-refractivity contribution is 7.46. The predicted octanol–water partition coefficient (Wildman–Crippen LogP) is -1.61. The van der Waals surface area contributed by atoms with Gasteiger partial charge in [-0.2, -0.15) is 4.98 Å². The molecule has 14 heteroatoms. The van der Waals surface area contributed by atoms with Crippen molar-refractivity contribution in [2.75, 3.05) is 6.61 Å². The largest absolute Gasteiger partial charge is 0.470 e. The van der Waals surface area contributed by atoms with Crippen molar-refractivity contribution in [1.29, 1.82) is 0 Å². The lowest BCUT2D eigenvalue weighted by molar-refractivity contribution is -0.0773. The normalized spacial score (nSPS) is 15.3. The van der Waals surface area contributed by atoms with Gasteiger partial charge in [-0.15, -0.1) is 0 Å². The number of fused-ring (bicyclic) bond motifs is 2. The summed E-state index contributed by atoms with van der Waals surface area (Å²) in [5.74, 6) is -0.160. The molecule has 2 aliphatic heterocycles. The molecule has 0 aliphatic carbocycles. The Kier molecular flexibility index (Phi) is 6.39.